The summed E-state index contributed by atoms with van der Waals surface area (Å²) in [5.74, 6) is 0.335. The number of phenols is 1. The van der Waals surface area contributed by atoms with E-state index in [-0.39, 0.29) is 50.4 Å². The van der Waals surface area contributed by atoms with Gasteiger partial charge in [0.15, 0.2) is 5.97 Å². The van der Waals surface area contributed by atoms with Crippen LogP contribution in [0.3, 0.4) is 0 Å². The minimum atomic E-state index is -0.350. The number of carbonyl (C=O) groups excluding carboxylic acids is 2. The van der Waals surface area contributed by atoms with E-state index in [0.29, 0.717) is 29.3 Å². The molecule has 0 saturated carbocycles. The summed E-state index contributed by atoms with van der Waals surface area (Å²) >= 11 is 0. The fraction of sp³-hybridized carbons (Fsp3) is 0.562. The van der Waals surface area contributed by atoms with Crippen LogP contribution < -0.4 is 0 Å². The summed E-state index contributed by atoms with van der Waals surface area (Å²) in [6, 6.07) is 5.94. The van der Waals surface area contributed by atoms with Crippen LogP contribution in [-0.2, 0) is 47.0 Å². The number of carbonyl (C=O) groups is 2. The summed E-state index contributed by atoms with van der Waals surface area (Å²) in [5.41, 5.74) is 4.28. The van der Waals surface area contributed by atoms with Gasteiger partial charge in [-0.1, -0.05) is 68.4 Å². The number of rotatable bonds is 5. The van der Waals surface area contributed by atoms with Crippen LogP contribution in [0, 0.1) is 12.8 Å². The molecule has 2 aromatic rings. The molecule has 0 atom stereocenters. The van der Waals surface area contributed by atoms with Crippen LogP contribution in [0.15, 0.2) is 23.3 Å². The molecule has 0 aliphatic carbocycles. The average Bonchev–Trinajstić information content (AvgIpc) is 3.13. The van der Waals surface area contributed by atoms with Crippen molar-refractivity contribution in [3.05, 3.63) is 57.8 Å². The van der Waals surface area contributed by atoms with Crippen molar-refractivity contribution in [2.75, 3.05) is 13.7 Å². The third-order valence-electron chi connectivity index (χ3n) is 6.20. The molecule has 1 aromatic heterocycles. The number of nitrogens with zero attached hydrogens (tertiary/aromatic N) is 2. The molecular weight excluding hydrogens is 551 g/mol. The molecule has 0 radical (unpaired) electrons. The normalized spacial score (nSPS) is 11.8. The molecule has 0 spiro atoms. The van der Waals surface area contributed by atoms with Crippen LogP contribution in [0.2, 0.25) is 0 Å². The maximum absolute atomic E-state index is 12.5. The Morgan fingerprint density at radius 3 is 1.90 bits per heavy atom. The Morgan fingerprint density at radius 1 is 0.975 bits per heavy atom. The molecule has 1 heterocycles. The Morgan fingerprint density at radius 2 is 1.52 bits per heavy atom. The number of benzene rings is 1. The first-order chi connectivity index (χ1) is 17.7. The van der Waals surface area contributed by atoms with E-state index in [9.17, 15) is 14.7 Å². The van der Waals surface area contributed by atoms with Gasteiger partial charge in [0.25, 0.3) is 0 Å². The number of hydrogen-bond donors (Lipinski definition) is 1. The molecule has 8 heteroatoms. The van der Waals surface area contributed by atoms with Gasteiger partial charge in [-0.25, -0.2) is 9.47 Å². The van der Waals surface area contributed by atoms with E-state index in [2.05, 4.69) is 73.1 Å². The van der Waals surface area contributed by atoms with Crippen LogP contribution >= 0.6 is 0 Å². The summed E-state index contributed by atoms with van der Waals surface area (Å²) in [6.45, 7) is 26.4. The summed E-state index contributed by atoms with van der Waals surface area (Å²) < 4.78 is 11.4. The van der Waals surface area contributed by atoms with Gasteiger partial charge in [0.2, 0.25) is 0 Å². The second kappa shape index (κ2) is 14.3. The van der Waals surface area contributed by atoms with Gasteiger partial charge in [-0.05, 0) is 42.4 Å². The van der Waals surface area contributed by atoms with Crippen LogP contribution in [-0.4, -0.2) is 41.7 Å². The first kappa shape index (κ1) is 37.3. The van der Waals surface area contributed by atoms with Gasteiger partial charge in [0.05, 0.1) is 31.2 Å². The number of phenolic OH excluding ortho intramolecular Hbond substituents is 1. The molecule has 0 aliphatic heterocycles. The summed E-state index contributed by atoms with van der Waals surface area (Å²) in [5, 5.41) is 15.8. The van der Waals surface area contributed by atoms with E-state index in [4.69, 9.17) is 9.84 Å². The van der Waals surface area contributed by atoms with Crippen molar-refractivity contribution in [1.82, 2.24) is 4.68 Å². The predicted octanol–water partition coefficient (Wildman–Crippen LogP) is 7.22. The third-order valence-corrected chi connectivity index (χ3v) is 6.20. The zero-order valence-corrected chi connectivity index (χ0v) is 27.8. The Balaban J connectivity index is 0.00000168. The maximum atomic E-state index is 12.5. The Hall–Kier alpha value is -2.73. The Bertz CT molecular complexity index is 1190. The molecule has 0 amide bonds. The van der Waals surface area contributed by atoms with Crippen molar-refractivity contribution in [2.24, 2.45) is 5.10 Å². The van der Waals surface area contributed by atoms with Crippen LogP contribution in [0.4, 0.5) is 0 Å². The van der Waals surface area contributed by atoms with Crippen molar-refractivity contribution in [3.63, 3.8) is 0 Å². The zero-order chi connectivity index (χ0) is 30.5. The molecule has 0 saturated heterocycles. The van der Waals surface area contributed by atoms with Crippen molar-refractivity contribution in [3.8, 4) is 5.75 Å². The topological polar surface area (TPSA) is 90.1 Å². The largest absolute Gasteiger partial charge is 0.507 e. The number of aromatic nitrogens is 1. The smallest absolute Gasteiger partial charge is 0.340 e. The van der Waals surface area contributed by atoms with Gasteiger partial charge in [0.1, 0.15) is 5.75 Å². The summed E-state index contributed by atoms with van der Waals surface area (Å²) in [6.07, 6.45) is 1.69. The first-order valence-corrected chi connectivity index (χ1v) is 13.4. The Kier molecular flexibility index (Phi) is 13.3. The molecule has 228 valence electrons. The van der Waals surface area contributed by atoms with E-state index >= 15 is 0 Å². The van der Waals surface area contributed by atoms with Crippen molar-refractivity contribution in [2.45, 2.75) is 106 Å². The van der Waals surface area contributed by atoms with Crippen LogP contribution in [0.1, 0.15) is 122 Å². The fourth-order valence-corrected chi connectivity index (χ4v) is 3.78. The average molecular weight is 600 g/mol. The van der Waals surface area contributed by atoms with Crippen molar-refractivity contribution >= 4 is 18.2 Å². The number of ether oxygens (including phenoxy) is 2. The molecular formula is C32H49N2NiO5-. The maximum Gasteiger partial charge on any atom is 0.340 e. The molecule has 1 N–H and O–H groups in total. The SMILES string of the molecule is CCOC(=O)c1cc(C(C)(C)C)n(/N=C/c2cc(C(C)(C)C)cc(C(C)(C)C)c2O)c1C.COC(=O)[C-](C)C.[Ni]. The van der Waals surface area contributed by atoms with Gasteiger partial charge in [-0.3, -0.25) is 10.7 Å². The second-order valence-corrected chi connectivity index (χ2v) is 13.0. The minimum absolute atomic E-state index is 0. The van der Waals surface area contributed by atoms with E-state index in [1.54, 1.807) is 31.7 Å². The van der Waals surface area contributed by atoms with Gasteiger partial charge < -0.3 is 14.6 Å². The Labute approximate surface area is 251 Å². The molecule has 0 unspecified atom stereocenters. The molecule has 2 rings (SSSR count). The monoisotopic (exact) mass is 599 g/mol. The molecule has 40 heavy (non-hydrogen) atoms. The zero-order valence-electron chi connectivity index (χ0n) is 26.8. The summed E-state index contributed by atoms with van der Waals surface area (Å²) in [4.78, 5) is 22.7. The van der Waals surface area contributed by atoms with Gasteiger partial charge in [-0.2, -0.15) is 18.9 Å². The van der Waals surface area contributed by atoms with Crippen LogP contribution in [0.5, 0.6) is 5.75 Å². The summed E-state index contributed by atoms with van der Waals surface area (Å²) in [7, 11) is 1.37. The first-order valence-electron chi connectivity index (χ1n) is 13.4. The molecule has 7 nitrogen and oxygen atoms in total. The fourth-order valence-electron chi connectivity index (χ4n) is 3.78. The molecule has 0 fully saturated rings. The molecule has 1 aromatic carbocycles. The van der Waals surface area contributed by atoms with E-state index in [1.807, 2.05) is 19.1 Å². The minimum Gasteiger partial charge on any atom is -0.507 e. The van der Waals surface area contributed by atoms with Gasteiger partial charge in [-0.15, -0.1) is 0 Å². The number of aromatic hydroxyl groups is 1. The quantitative estimate of drug-likeness (QED) is 0.169. The third kappa shape index (κ3) is 9.73. The number of esters is 2. The van der Waals surface area contributed by atoms with Crippen molar-refractivity contribution < 1.29 is 40.7 Å². The van der Waals surface area contributed by atoms with Crippen molar-refractivity contribution in [1.29, 1.82) is 0 Å². The molecule has 0 aliphatic rings. The van der Waals surface area contributed by atoms with Gasteiger partial charge in [0, 0.05) is 38.7 Å². The van der Waals surface area contributed by atoms with E-state index in [0.717, 1.165) is 16.8 Å². The van der Waals surface area contributed by atoms with Gasteiger partial charge >= 0.3 is 5.97 Å². The van der Waals surface area contributed by atoms with E-state index in [1.165, 1.54) is 7.11 Å². The van der Waals surface area contributed by atoms with Crippen LogP contribution in [0.25, 0.3) is 0 Å². The molecule has 0 bridgehead atoms. The number of hydrogen-bond acceptors (Lipinski definition) is 6. The number of methoxy groups -OCH3 is 1. The standard InChI is InChI=1S/C27H40N2O3.C5H9O2.Ni/c1-12-32-24(31)20-15-22(27(9,10)11)29(17(20)2)28-16-18-13-19(25(3,4)5)14-21(23(18)30)26(6,7)8;1-4(2)5(6)7-3;/h13-16,30H,12H2,1-11H3;1-3H3;/q;-1;/b28-16+;;. The van der Waals surface area contributed by atoms with E-state index < -0.39 is 0 Å². The second-order valence-electron chi connectivity index (χ2n) is 13.0. The predicted molar refractivity (Wildman–Crippen MR) is 159 cm³/mol.